The van der Waals surface area contributed by atoms with E-state index in [0.717, 1.165) is 6.54 Å². The molecule has 0 aromatic carbocycles. The van der Waals surface area contributed by atoms with Gasteiger partial charge in [-0.1, -0.05) is 6.92 Å². The summed E-state index contributed by atoms with van der Waals surface area (Å²) in [5.74, 6) is 0. The molecule has 1 N–H and O–H groups in total. The largest absolute Gasteiger partial charge is 0.401 e. The Kier molecular flexibility index (Phi) is 4.88. The topological polar surface area (TPSA) is 15.3 Å². The average molecular weight is 212 g/mol. The van der Waals surface area contributed by atoms with Crippen molar-refractivity contribution in [1.82, 2.24) is 10.2 Å². The summed E-state index contributed by atoms with van der Waals surface area (Å²) >= 11 is 0. The maximum Gasteiger partial charge on any atom is 0.401 e. The highest BCUT2D eigenvalue weighted by molar-refractivity contribution is 4.80. The van der Waals surface area contributed by atoms with E-state index >= 15 is 0 Å². The van der Waals surface area contributed by atoms with E-state index < -0.39 is 12.7 Å². The van der Waals surface area contributed by atoms with Gasteiger partial charge in [0.1, 0.15) is 0 Å². The van der Waals surface area contributed by atoms with Gasteiger partial charge in [0.05, 0.1) is 6.54 Å². The predicted molar refractivity (Wildman–Crippen MR) is 51.3 cm³/mol. The lowest BCUT2D eigenvalue weighted by atomic mass is 10.1. The quantitative estimate of drug-likeness (QED) is 0.748. The molecular weight excluding hydrogens is 193 g/mol. The van der Waals surface area contributed by atoms with Crippen molar-refractivity contribution in [2.24, 2.45) is 0 Å². The van der Waals surface area contributed by atoms with E-state index in [1.54, 1.807) is 0 Å². The van der Waals surface area contributed by atoms with Crippen LogP contribution >= 0.6 is 0 Å². The first-order chi connectivity index (χ1) is 6.16. The van der Waals surface area contributed by atoms with Gasteiger partial charge in [0.2, 0.25) is 0 Å². The van der Waals surface area contributed by atoms with Gasteiger partial charge < -0.3 is 5.32 Å². The standard InChI is InChI=1S/C9H19F3N2/c1-5-13-8(2,3)6-14(4)7-9(10,11)12/h13H,5-7H2,1-4H3. The van der Waals surface area contributed by atoms with Crippen molar-refractivity contribution in [2.45, 2.75) is 32.5 Å². The van der Waals surface area contributed by atoms with Gasteiger partial charge in [-0.05, 0) is 27.4 Å². The average Bonchev–Trinajstić information content (AvgIpc) is 1.78. The van der Waals surface area contributed by atoms with E-state index in [1.165, 1.54) is 11.9 Å². The van der Waals surface area contributed by atoms with E-state index in [2.05, 4.69) is 5.32 Å². The summed E-state index contributed by atoms with van der Waals surface area (Å²) in [4.78, 5) is 1.28. The molecule has 14 heavy (non-hydrogen) atoms. The minimum Gasteiger partial charge on any atom is -0.311 e. The lowest BCUT2D eigenvalue weighted by Gasteiger charge is -2.31. The highest BCUT2D eigenvalue weighted by Gasteiger charge is 2.31. The van der Waals surface area contributed by atoms with Gasteiger partial charge in [0.25, 0.3) is 0 Å². The van der Waals surface area contributed by atoms with Crippen molar-refractivity contribution in [2.75, 3.05) is 26.7 Å². The molecule has 0 aromatic heterocycles. The Balaban J connectivity index is 3.98. The number of nitrogens with zero attached hydrogens (tertiary/aromatic N) is 1. The number of likely N-dealkylation sites (N-methyl/N-ethyl adjacent to an activating group) is 2. The minimum absolute atomic E-state index is 0.283. The van der Waals surface area contributed by atoms with Crippen LogP contribution in [0.15, 0.2) is 0 Å². The molecule has 0 unspecified atom stereocenters. The van der Waals surface area contributed by atoms with E-state index in [0.29, 0.717) is 6.54 Å². The van der Waals surface area contributed by atoms with Gasteiger partial charge in [-0.15, -0.1) is 0 Å². The van der Waals surface area contributed by atoms with E-state index in [9.17, 15) is 13.2 Å². The molecule has 0 rings (SSSR count). The van der Waals surface area contributed by atoms with Crippen LogP contribution in [0.5, 0.6) is 0 Å². The minimum atomic E-state index is -4.11. The van der Waals surface area contributed by atoms with Crippen molar-refractivity contribution >= 4 is 0 Å². The molecule has 0 aliphatic heterocycles. The SMILES string of the molecule is CCNC(C)(C)CN(C)CC(F)(F)F. The third-order valence-corrected chi connectivity index (χ3v) is 1.77. The predicted octanol–water partition coefficient (Wildman–Crippen LogP) is 1.87. The van der Waals surface area contributed by atoms with E-state index in [-0.39, 0.29) is 5.54 Å². The zero-order valence-electron chi connectivity index (χ0n) is 9.20. The van der Waals surface area contributed by atoms with Gasteiger partial charge in [-0.2, -0.15) is 13.2 Å². The van der Waals surface area contributed by atoms with Crippen molar-refractivity contribution in [3.63, 3.8) is 0 Å². The molecule has 86 valence electrons. The highest BCUT2D eigenvalue weighted by atomic mass is 19.4. The summed E-state index contributed by atoms with van der Waals surface area (Å²) < 4.78 is 36.0. The summed E-state index contributed by atoms with van der Waals surface area (Å²) in [5, 5.41) is 3.13. The van der Waals surface area contributed by atoms with Crippen LogP contribution in [0.4, 0.5) is 13.2 Å². The molecule has 0 amide bonds. The third kappa shape index (κ3) is 7.15. The molecule has 2 nitrogen and oxygen atoms in total. The van der Waals surface area contributed by atoms with Crippen molar-refractivity contribution in [1.29, 1.82) is 0 Å². The molecule has 0 aliphatic rings. The molecule has 0 aliphatic carbocycles. The van der Waals surface area contributed by atoms with Gasteiger partial charge in [-0.3, -0.25) is 4.90 Å². The molecule has 0 saturated carbocycles. The fraction of sp³-hybridized carbons (Fsp3) is 1.00. The van der Waals surface area contributed by atoms with Crippen molar-refractivity contribution < 1.29 is 13.2 Å². The molecule has 0 atom stereocenters. The fourth-order valence-corrected chi connectivity index (χ4v) is 1.57. The summed E-state index contributed by atoms with van der Waals surface area (Å²) in [6.45, 7) is 5.99. The molecule has 0 bridgehead atoms. The summed E-state index contributed by atoms with van der Waals surface area (Å²) in [6.07, 6.45) is -4.11. The van der Waals surface area contributed by atoms with Crippen LogP contribution in [0, 0.1) is 0 Å². The van der Waals surface area contributed by atoms with Crippen LogP contribution < -0.4 is 5.32 Å². The summed E-state index contributed by atoms with van der Waals surface area (Å²) in [5.41, 5.74) is -0.283. The number of alkyl halides is 3. The van der Waals surface area contributed by atoms with Gasteiger partial charge in [0, 0.05) is 12.1 Å². The number of rotatable bonds is 5. The van der Waals surface area contributed by atoms with Crippen LogP contribution in [-0.4, -0.2) is 43.3 Å². The monoisotopic (exact) mass is 212 g/mol. The van der Waals surface area contributed by atoms with Crippen molar-refractivity contribution in [3.8, 4) is 0 Å². The highest BCUT2D eigenvalue weighted by Crippen LogP contribution is 2.16. The molecule has 0 radical (unpaired) electrons. The van der Waals surface area contributed by atoms with E-state index in [4.69, 9.17) is 0 Å². The van der Waals surface area contributed by atoms with Crippen LogP contribution in [0.25, 0.3) is 0 Å². The summed E-state index contributed by atoms with van der Waals surface area (Å²) in [7, 11) is 1.48. The Morgan fingerprint density at radius 2 is 1.64 bits per heavy atom. The zero-order chi connectivity index (χ0) is 11.4. The molecule has 0 saturated heterocycles. The van der Waals surface area contributed by atoms with Gasteiger partial charge in [-0.25, -0.2) is 0 Å². The first-order valence-corrected chi connectivity index (χ1v) is 4.66. The molecule has 0 heterocycles. The molecule has 0 fully saturated rings. The maximum atomic E-state index is 12.0. The Bertz CT molecular complexity index is 166. The summed E-state index contributed by atoms with van der Waals surface area (Å²) in [6, 6.07) is 0. The lowest BCUT2D eigenvalue weighted by molar-refractivity contribution is -0.144. The molecular formula is C9H19F3N2. The molecule has 0 aromatic rings. The van der Waals surface area contributed by atoms with Crippen LogP contribution in [0.3, 0.4) is 0 Å². The second kappa shape index (κ2) is 4.98. The Morgan fingerprint density at radius 3 is 2.00 bits per heavy atom. The van der Waals surface area contributed by atoms with Crippen LogP contribution in [-0.2, 0) is 0 Å². The number of nitrogens with one attached hydrogen (secondary N) is 1. The zero-order valence-corrected chi connectivity index (χ0v) is 9.20. The fourth-order valence-electron chi connectivity index (χ4n) is 1.57. The number of hydrogen-bond donors (Lipinski definition) is 1. The van der Waals surface area contributed by atoms with Gasteiger partial charge >= 0.3 is 6.18 Å². The maximum absolute atomic E-state index is 12.0. The molecule has 0 spiro atoms. The normalized spacial score (nSPS) is 13.7. The lowest BCUT2D eigenvalue weighted by Crippen LogP contribution is -2.49. The second-order valence-corrected chi connectivity index (χ2v) is 4.20. The Hall–Kier alpha value is -0.290. The Morgan fingerprint density at radius 1 is 1.14 bits per heavy atom. The number of halogens is 3. The third-order valence-electron chi connectivity index (χ3n) is 1.77. The number of hydrogen-bond acceptors (Lipinski definition) is 2. The first-order valence-electron chi connectivity index (χ1n) is 4.66. The smallest absolute Gasteiger partial charge is 0.311 e. The van der Waals surface area contributed by atoms with Crippen LogP contribution in [0.2, 0.25) is 0 Å². The second-order valence-electron chi connectivity index (χ2n) is 4.20. The first kappa shape index (κ1) is 13.7. The Labute approximate surface area is 83.5 Å². The van der Waals surface area contributed by atoms with Crippen molar-refractivity contribution in [3.05, 3.63) is 0 Å². The van der Waals surface area contributed by atoms with E-state index in [1.807, 2.05) is 20.8 Å². The van der Waals surface area contributed by atoms with Crippen LogP contribution in [0.1, 0.15) is 20.8 Å². The molecule has 5 heteroatoms. The van der Waals surface area contributed by atoms with Gasteiger partial charge in [0.15, 0.2) is 0 Å².